The quantitative estimate of drug-likeness (QED) is 0.236. The van der Waals surface area contributed by atoms with E-state index in [4.69, 9.17) is 17.2 Å². The Morgan fingerprint density at radius 1 is 1.14 bits per heavy atom. The minimum atomic E-state index is 0.115. The number of hydrogen-bond donors (Lipinski definition) is 5. The average molecular weight is 580 g/mol. The number of piperidine rings is 2. The van der Waals surface area contributed by atoms with Crippen LogP contribution < -0.4 is 22.5 Å². The third-order valence-corrected chi connectivity index (χ3v) is 9.10. The van der Waals surface area contributed by atoms with Crippen molar-refractivity contribution in [3.63, 3.8) is 0 Å². The van der Waals surface area contributed by atoms with Gasteiger partial charge in [-0.05, 0) is 101 Å². The molecule has 2 aliphatic heterocycles. The van der Waals surface area contributed by atoms with Gasteiger partial charge in [-0.2, -0.15) is 5.10 Å². The molecule has 8 N–H and O–H groups in total. The Hall–Kier alpha value is -3.30. The topological polar surface area (TPSA) is 148 Å². The number of allylic oxidation sites excluding steroid dienone is 2. The van der Waals surface area contributed by atoms with Crippen LogP contribution in [0.3, 0.4) is 0 Å². The van der Waals surface area contributed by atoms with Gasteiger partial charge in [0.1, 0.15) is 17.9 Å². The Balaban J connectivity index is 0.000000745. The Morgan fingerprint density at radius 2 is 1.76 bits per heavy atom. The van der Waals surface area contributed by atoms with E-state index in [1.165, 1.54) is 64.7 Å². The van der Waals surface area contributed by atoms with Gasteiger partial charge in [-0.25, -0.2) is 0 Å². The molecule has 1 aromatic carbocycles. The highest BCUT2D eigenvalue weighted by Gasteiger charge is 2.47. The first kappa shape index (κ1) is 33.2. The van der Waals surface area contributed by atoms with Crippen molar-refractivity contribution in [2.75, 3.05) is 26.2 Å². The van der Waals surface area contributed by atoms with Crippen molar-refractivity contribution >= 4 is 17.6 Å². The minimum Gasteiger partial charge on any atom is -0.507 e. The molecule has 0 radical (unpaired) electrons. The maximum absolute atomic E-state index is 10.1. The molecule has 5 rings (SSSR count). The number of benzene rings is 1. The highest BCUT2D eigenvalue weighted by molar-refractivity contribution is 5.84. The Bertz CT molecular complexity index is 1180. The van der Waals surface area contributed by atoms with Crippen molar-refractivity contribution in [3.05, 3.63) is 59.7 Å². The number of hydrogen-bond acceptors (Lipinski definition) is 8. The first-order chi connectivity index (χ1) is 20.3. The van der Waals surface area contributed by atoms with Crippen molar-refractivity contribution in [1.29, 1.82) is 0 Å². The van der Waals surface area contributed by atoms with Gasteiger partial charge in [-0.1, -0.05) is 32.9 Å². The number of rotatable bonds is 7. The van der Waals surface area contributed by atoms with Crippen LogP contribution in [0.25, 0.3) is 11.3 Å². The average Bonchev–Trinajstić information content (AvgIpc) is 3.50. The zero-order valence-electron chi connectivity index (χ0n) is 26.1. The molecule has 1 atom stereocenters. The number of nitrogens with one attached hydrogen (secondary N) is 1. The summed E-state index contributed by atoms with van der Waals surface area (Å²) in [7, 11) is 0. The molecule has 9 nitrogen and oxygen atoms in total. The largest absolute Gasteiger partial charge is 0.507 e. The maximum atomic E-state index is 10.1. The molecule has 3 heterocycles. The van der Waals surface area contributed by atoms with Crippen molar-refractivity contribution < 1.29 is 9.90 Å². The highest BCUT2D eigenvalue weighted by atomic mass is 16.3. The van der Waals surface area contributed by atoms with E-state index in [0.717, 1.165) is 17.9 Å². The smallest absolute Gasteiger partial charge is 0.124 e. The van der Waals surface area contributed by atoms with Gasteiger partial charge in [-0.15, -0.1) is 0 Å². The first-order valence-electron chi connectivity index (χ1n) is 15.7. The van der Waals surface area contributed by atoms with E-state index in [0.29, 0.717) is 34.6 Å². The number of carbonyl (C=O) groups excluding carboxylic acids is 1. The minimum absolute atomic E-state index is 0.115. The van der Waals surface area contributed by atoms with E-state index in [2.05, 4.69) is 22.2 Å². The van der Waals surface area contributed by atoms with Gasteiger partial charge in [0.2, 0.25) is 0 Å². The zero-order valence-corrected chi connectivity index (χ0v) is 26.1. The number of carbonyl (C=O) groups is 1. The number of likely N-dealkylation sites (tertiary alicyclic amines) is 1. The Labute approximate surface area is 252 Å². The summed E-state index contributed by atoms with van der Waals surface area (Å²) in [6.45, 7) is 12.8. The molecule has 9 heteroatoms. The first-order valence-corrected chi connectivity index (χ1v) is 15.7. The van der Waals surface area contributed by atoms with Gasteiger partial charge in [0.25, 0.3) is 0 Å². The second-order valence-electron chi connectivity index (χ2n) is 11.7. The van der Waals surface area contributed by atoms with Crippen LogP contribution in [-0.2, 0) is 4.79 Å². The monoisotopic (exact) mass is 579 g/mol. The number of aromatic hydroxyl groups is 1. The second kappa shape index (κ2) is 15.8. The summed E-state index contributed by atoms with van der Waals surface area (Å²) < 4.78 is 2.04. The van der Waals surface area contributed by atoms with Gasteiger partial charge in [-0.3, -0.25) is 4.68 Å². The third kappa shape index (κ3) is 8.16. The number of aldehydes is 1. The molecule has 232 valence electrons. The van der Waals surface area contributed by atoms with Gasteiger partial charge in [0.05, 0.1) is 12.2 Å². The van der Waals surface area contributed by atoms with Crippen molar-refractivity contribution in [2.45, 2.75) is 84.7 Å². The van der Waals surface area contributed by atoms with Crippen molar-refractivity contribution in [2.24, 2.45) is 28.5 Å². The molecule has 42 heavy (non-hydrogen) atoms. The SMILES string of the molecule is CC.CC(C1CCN(C2CC3(CCNCC3)C2)CC1)n1cc(C(/C=C(\N)c2ccccc2O)=C(N)N)cn1.CCC=O. The fraction of sp³-hybridized carbons (Fsp3) is 0.576. The Morgan fingerprint density at radius 3 is 2.33 bits per heavy atom. The summed E-state index contributed by atoms with van der Waals surface area (Å²) in [6, 6.07) is 8.03. The molecule has 2 aromatic rings. The van der Waals surface area contributed by atoms with E-state index < -0.39 is 0 Å². The van der Waals surface area contributed by atoms with Crippen molar-refractivity contribution in [1.82, 2.24) is 20.0 Å². The number of nitrogens with zero attached hydrogens (tertiary/aromatic N) is 3. The highest BCUT2D eigenvalue weighted by Crippen LogP contribution is 2.50. The van der Waals surface area contributed by atoms with Crippen LogP contribution in [0.4, 0.5) is 0 Å². The summed E-state index contributed by atoms with van der Waals surface area (Å²) >= 11 is 0. The molecule has 1 unspecified atom stereocenters. The van der Waals surface area contributed by atoms with Gasteiger partial charge in [0, 0.05) is 41.1 Å². The summed E-state index contributed by atoms with van der Waals surface area (Å²) in [5.41, 5.74) is 21.3. The van der Waals surface area contributed by atoms with Crippen LogP contribution in [-0.4, -0.2) is 58.3 Å². The summed E-state index contributed by atoms with van der Waals surface area (Å²) in [5.74, 6) is 0.872. The van der Waals surface area contributed by atoms with E-state index in [1.807, 2.05) is 37.7 Å². The summed E-state index contributed by atoms with van der Waals surface area (Å²) in [4.78, 5) is 11.9. The van der Waals surface area contributed by atoms with Crippen LogP contribution in [0, 0.1) is 11.3 Å². The summed E-state index contributed by atoms with van der Waals surface area (Å²) in [5, 5.41) is 18.3. The van der Waals surface area contributed by atoms with Crippen LogP contribution in [0.2, 0.25) is 0 Å². The molecule has 3 aliphatic rings. The predicted octanol–water partition coefficient (Wildman–Crippen LogP) is 4.60. The number of aromatic nitrogens is 2. The normalized spacial score (nSPS) is 19.9. The lowest BCUT2D eigenvalue weighted by Gasteiger charge is -2.55. The fourth-order valence-electron chi connectivity index (χ4n) is 6.53. The lowest BCUT2D eigenvalue weighted by atomic mass is 9.60. The number of para-hydroxylation sites is 1. The van der Waals surface area contributed by atoms with Gasteiger partial charge < -0.3 is 37.3 Å². The predicted molar refractivity (Wildman–Crippen MR) is 172 cm³/mol. The van der Waals surface area contributed by atoms with E-state index in [9.17, 15) is 9.90 Å². The van der Waals surface area contributed by atoms with Crippen LogP contribution in [0.15, 0.2) is 48.6 Å². The molecule has 2 saturated heterocycles. The molecule has 0 bridgehead atoms. The molecular formula is C33H53N7O2. The number of phenolic OH excluding ortho intramolecular Hbond substituents is 1. The lowest BCUT2D eigenvalue weighted by molar-refractivity contribution is -0.107. The van der Waals surface area contributed by atoms with E-state index in [1.54, 1.807) is 30.5 Å². The van der Waals surface area contributed by atoms with Gasteiger partial charge in [0.15, 0.2) is 0 Å². The van der Waals surface area contributed by atoms with Crippen molar-refractivity contribution in [3.8, 4) is 5.75 Å². The summed E-state index contributed by atoms with van der Waals surface area (Å²) in [6.07, 6.45) is 14.9. The van der Waals surface area contributed by atoms with E-state index in [-0.39, 0.29) is 17.6 Å². The number of nitrogens with two attached hydrogens (primary N) is 3. The number of phenols is 1. The zero-order chi connectivity index (χ0) is 30.7. The van der Waals surface area contributed by atoms with E-state index >= 15 is 0 Å². The fourth-order valence-corrected chi connectivity index (χ4v) is 6.53. The Kier molecular flexibility index (Phi) is 12.5. The molecule has 1 spiro atoms. The molecular weight excluding hydrogens is 526 g/mol. The molecule has 1 saturated carbocycles. The molecule has 3 fully saturated rings. The molecule has 1 aliphatic carbocycles. The van der Waals surface area contributed by atoms with Crippen LogP contribution in [0.5, 0.6) is 5.75 Å². The lowest BCUT2D eigenvalue weighted by Crippen LogP contribution is -2.56. The molecule has 0 amide bonds. The third-order valence-electron chi connectivity index (χ3n) is 9.10. The second-order valence-corrected chi connectivity index (χ2v) is 11.7. The van der Waals surface area contributed by atoms with Crippen LogP contribution in [0.1, 0.15) is 89.8 Å². The standard InChI is InChI=1S/C28H41N7O.C3H6O.C2H6/c1-19(20-6-12-34(13-7-20)22-15-28(16-22)8-10-32-11-9-28)35-18-21(17-33-35)24(27(30)31)14-25(29)23-4-2-3-5-26(23)36;1-2-3-4;1-2/h2-5,14,17-20,22,32,36H,6-13,15-16,29-31H2,1H3;3H,2H2,1H3;1-2H3/b25-14-;;. The maximum Gasteiger partial charge on any atom is 0.124 e. The molecule has 1 aromatic heterocycles. The van der Waals surface area contributed by atoms with Crippen LogP contribution >= 0.6 is 0 Å². The van der Waals surface area contributed by atoms with Gasteiger partial charge >= 0.3 is 0 Å².